The van der Waals surface area contributed by atoms with Crippen molar-refractivity contribution < 1.29 is 14.6 Å². The summed E-state index contributed by atoms with van der Waals surface area (Å²) in [5.41, 5.74) is 0. The number of rotatable bonds is 3. The van der Waals surface area contributed by atoms with E-state index in [2.05, 4.69) is 0 Å². The lowest BCUT2D eigenvalue weighted by molar-refractivity contribution is -0.156. The van der Waals surface area contributed by atoms with Gasteiger partial charge in [0.25, 0.3) is 0 Å². The van der Waals surface area contributed by atoms with Crippen LogP contribution in [0, 0.1) is 5.92 Å². The van der Waals surface area contributed by atoms with Crippen molar-refractivity contribution in [3.8, 4) is 0 Å². The molecule has 1 saturated carbocycles. The third-order valence-electron chi connectivity index (χ3n) is 2.62. The molecule has 3 heteroatoms. The third kappa shape index (κ3) is 2.99. The summed E-state index contributed by atoms with van der Waals surface area (Å²) >= 11 is 0. The van der Waals surface area contributed by atoms with E-state index in [1.165, 1.54) is 6.42 Å². The zero-order valence-electron chi connectivity index (χ0n) is 8.16. The van der Waals surface area contributed by atoms with Gasteiger partial charge in [0.15, 0.2) is 6.10 Å². The lowest BCUT2D eigenvalue weighted by Crippen LogP contribution is -2.32. The molecular formula is C10H18O3. The molecule has 0 aromatic rings. The van der Waals surface area contributed by atoms with Crippen LogP contribution < -0.4 is 0 Å². The maximum absolute atomic E-state index is 11.2. The molecule has 0 saturated heterocycles. The Labute approximate surface area is 79.1 Å². The van der Waals surface area contributed by atoms with Crippen LogP contribution in [0.4, 0.5) is 0 Å². The molecule has 13 heavy (non-hydrogen) atoms. The van der Waals surface area contributed by atoms with Gasteiger partial charge in [0, 0.05) is 0 Å². The minimum absolute atomic E-state index is 0.132. The first kappa shape index (κ1) is 10.5. The fourth-order valence-electron chi connectivity index (χ4n) is 1.87. The van der Waals surface area contributed by atoms with Gasteiger partial charge in [-0.25, -0.2) is 4.79 Å². The van der Waals surface area contributed by atoms with E-state index in [4.69, 9.17) is 4.74 Å². The molecular weight excluding hydrogens is 168 g/mol. The Morgan fingerprint density at radius 1 is 1.46 bits per heavy atom. The summed E-state index contributed by atoms with van der Waals surface area (Å²) in [6.07, 6.45) is 4.51. The molecule has 0 aliphatic heterocycles. The molecule has 0 aromatic heterocycles. The topological polar surface area (TPSA) is 46.5 Å². The number of aliphatic hydroxyl groups excluding tert-OH is 1. The van der Waals surface area contributed by atoms with E-state index in [1.807, 2.05) is 0 Å². The van der Waals surface area contributed by atoms with Gasteiger partial charge in [-0.05, 0) is 25.7 Å². The van der Waals surface area contributed by atoms with E-state index in [-0.39, 0.29) is 5.92 Å². The highest BCUT2D eigenvalue weighted by Crippen LogP contribution is 2.26. The van der Waals surface area contributed by atoms with Crippen LogP contribution in [0.15, 0.2) is 0 Å². The van der Waals surface area contributed by atoms with E-state index in [0.717, 1.165) is 25.7 Å². The van der Waals surface area contributed by atoms with Gasteiger partial charge in [-0.1, -0.05) is 19.3 Å². The standard InChI is InChI=1S/C10H18O3/c1-2-13-10(12)9(11)8-6-4-3-5-7-8/h8-9,11H,2-7H2,1H3/t9-/m0/s1. The molecule has 1 rings (SSSR count). The van der Waals surface area contributed by atoms with Crippen molar-refractivity contribution in [2.24, 2.45) is 5.92 Å². The van der Waals surface area contributed by atoms with Crippen LogP contribution >= 0.6 is 0 Å². The molecule has 1 fully saturated rings. The molecule has 1 aliphatic carbocycles. The molecule has 1 N–H and O–H groups in total. The lowest BCUT2D eigenvalue weighted by atomic mass is 9.85. The second kappa shape index (κ2) is 5.22. The van der Waals surface area contributed by atoms with Crippen molar-refractivity contribution in [2.45, 2.75) is 45.1 Å². The average Bonchev–Trinajstić information content (AvgIpc) is 2.18. The Kier molecular flexibility index (Phi) is 4.22. The summed E-state index contributed by atoms with van der Waals surface area (Å²) in [5.74, 6) is -0.317. The molecule has 0 unspecified atom stereocenters. The van der Waals surface area contributed by atoms with Crippen LogP contribution in [0.1, 0.15) is 39.0 Å². The Balaban J connectivity index is 2.35. The van der Waals surface area contributed by atoms with Gasteiger partial charge in [0.05, 0.1) is 6.61 Å². The highest BCUT2D eigenvalue weighted by molar-refractivity contribution is 5.74. The van der Waals surface area contributed by atoms with E-state index < -0.39 is 12.1 Å². The maximum atomic E-state index is 11.2. The van der Waals surface area contributed by atoms with Crippen molar-refractivity contribution in [3.63, 3.8) is 0 Å². The summed E-state index contributed by atoms with van der Waals surface area (Å²) in [7, 11) is 0. The fourth-order valence-corrected chi connectivity index (χ4v) is 1.87. The van der Waals surface area contributed by atoms with Crippen molar-refractivity contribution in [1.82, 2.24) is 0 Å². The highest BCUT2D eigenvalue weighted by atomic mass is 16.5. The SMILES string of the molecule is CCOC(=O)[C@@H](O)C1CCCCC1. The number of carbonyl (C=O) groups is 1. The molecule has 0 amide bonds. The number of hydrogen-bond acceptors (Lipinski definition) is 3. The molecule has 0 spiro atoms. The molecule has 3 nitrogen and oxygen atoms in total. The van der Waals surface area contributed by atoms with Crippen molar-refractivity contribution >= 4 is 5.97 Å². The first-order chi connectivity index (χ1) is 6.25. The first-order valence-electron chi connectivity index (χ1n) is 5.10. The van der Waals surface area contributed by atoms with Gasteiger partial charge in [0.1, 0.15) is 0 Å². The van der Waals surface area contributed by atoms with Gasteiger partial charge >= 0.3 is 5.97 Å². The predicted molar refractivity (Wildman–Crippen MR) is 49.2 cm³/mol. The summed E-state index contributed by atoms with van der Waals surface area (Å²) in [4.78, 5) is 11.2. The van der Waals surface area contributed by atoms with Crippen LogP contribution in [0.2, 0.25) is 0 Å². The fraction of sp³-hybridized carbons (Fsp3) is 0.900. The first-order valence-corrected chi connectivity index (χ1v) is 5.10. The molecule has 0 heterocycles. The smallest absolute Gasteiger partial charge is 0.335 e. The molecule has 0 bridgehead atoms. The molecule has 76 valence electrons. The van der Waals surface area contributed by atoms with Crippen LogP contribution in [-0.4, -0.2) is 23.8 Å². The summed E-state index contributed by atoms with van der Waals surface area (Å²) < 4.78 is 4.77. The third-order valence-corrected chi connectivity index (χ3v) is 2.62. The number of ether oxygens (including phenoxy) is 1. The molecule has 0 radical (unpaired) electrons. The lowest BCUT2D eigenvalue weighted by Gasteiger charge is -2.24. The average molecular weight is 186 g/mol. The van der Waals surface area contributed by atoms with Crippen molar-refractivity contribution in [3.05, 3.63) is 0 Å². The Morgan fingerprint density at radius 2 is 2.08 bits per heavy atom. The second-order valence-electron chi connectivity index (χ2n) is 3.59. The normalized spacial score (nSPS) is 21.1. The zero-order valence-corrected chi connectivity index (χ0v) is 8.16. The second-order valence-corrected chi connectivity index (χ2v) is 3.59. The van der Waals surface area contributed by atoms with E-state index >= 15 is 0 Å². The van der Waals surface area contributed by atoms with E-state index in [0.29, 0.717) is 6.61 Å². The Morgan fingerprint density at radius 3 is 2.62 bits per heavy atom. The van der Waals surface area contributed by atoms with Crippen LogP contribution in [0.5, 0.6) is 0 Å². The van der Waals surface area contributed by atoms with Gasteiger partial charge < -0.3 is 9.84 Å². The summed E-state index contributed by atoms with van der Waals surface area (Å²) in [5, 5.41) is 9.60. The quantitative estimate of drug-likeness (QED) is 0.679. The summed E-state index contributed by atoms with van der Waals surface area (Å²) in [6, 6.07) is 0. The number of esters is 1. The minimum Gasteiger partial charge on any atom is -0.464 e. The number of hydrogen-bond donors (Lipinski definition) is 1. The molecule has 1 aliphatic rings. The monoisotopic (exact) mass is 186 g/mol. The minimum atomic E-state index is -0.889. The van der Waals surface area contributed by atoms with Crippen LogP contribution in [0.25, 0.3) is 0 Å². The highest BCUT2D eigenvalue weighted by Gasteiger charge is 2.28. The largest absolute Gasteiger partial charge is 0.464 e. The maximum Gasteiger partial charge on any atom is 0.335 e. The Hall–Kier alpha value is -0.570. The molecule has 0 aromatic carbocycles. The van der Waals surface area contributed by atoms with Crippen molar-refractivity contribution in [2.75, 3.05) is 6.61 Å². The van der Waals surface area contributed by atoms with Gasteiger partial charge in [0.2, 0.25) is 0 Å². The van der Waals surface area contributed by atoms with E-state index in [1.54, 1.807) is 6.92 Å². The van der Waals surface area contributed by atoms with Crippen molar-refractivity contribution in [1.29, 1.82) is 0 Å². The molecule has 1 atom stereocenters. The van der Waals surface area contributed by atoms with E-state index in [9.17, 15) is 9.90 Å². The van der Waals surface area contributed by atoms with Crippen LogP contribution in [0.3, 0.4) is 0 Å². The Bertz CT molecular complexity index is 162. The van der Waals surface area contributed by atoms with Crippen LogP contribution in [-0.2, 0) is 9.53 Å². The van der Waals surface area contributed by atoms with Gasteiger partial charge in [-0.2, -0.15) is 0 Å². The van der Waals surface area contributed by atoms with Gasteiger partial charge in [-0.15, -0.1) is 0 Å². The summed E-state index contributed by atoms with van der Waals surface area (Å²) in [6.45, 7) is 2.11. The zero-order chi connectivity index (χ0) is 9.68. The van der Waals surface area contributed by atoms with Gasteiger partial charge in [-0.3, -0.25) is 0 Å². The number of aliphatic hydroxyl groups is 1. The predicted octanol–water partition coefficient (Wildman–Crippen LogP) is 1.49. The number of carbonyl (C=O) groups excluding carboxylic acids is 1.